The van der Waals surface area contributed by atoms with Gasteiger partial charge in [-0.15, -0.1) is 0 Å². The zero-order valence-corrected chi connectivity index (χ0v) is 9.33. The molecule has 0 aliphatic carbocycles. The van der Waals surface area contributed by atoms with Crippen LogP contribution in [-0.4, -0.2) is 25.0 Å². The molecule has 0 saturated carbocycles. The maximum absolute atomic E-state index is 8.48. The summed E-state index contributed by atoms with van der Waals surface area (Å²) in [6, 6.07) is 3.85. The minimum atomic E-state index is 0.726. The number of rotatable bonds is 1. The van der Waals surface area contributed by atoms with E-state index in [1.165, 1.54) is 11.8 Å². The van der Waals surface area contributed by atoms with Gasteiger partial charge in [0.1, 0.15) is 0 Å². The molecule has 1 aromatic carbocycles. The van der Waals surface area contributed by atoms with Crippen molar-refractivity contribution in [3.05, 3.63) is 28.3 Å². The lowest BCUT2D eigenvalue weighted by Crippen LogP contribution is -2.25. The van der Waals surface area contributed by atoms with Crippen LogP contribution in [0.4, 0.5) is 5.69 Å². The Kier molecular flexibility index (Phi) is 2.82. The first-order valence-electron chi connectivity index (χ1n) is 4.93. The summed E-state index contributed by atoms with van der Waals surface area (Å²) in [6.07, 6.45) is 3.58. The van der Waals surface area contributed by atoms with Crippen LogP contribution in [0, 0.1) is 0 Å². The second-order valence-electron chi connectivity index (χ2n) is 3.78. The predicted molar refractivity (Wildman–Crippen MR) is 62.4 cm³/mol. The minimum Gasteiger partial charge on any atom is -0.411 e. The Morgan fingerprint density at radius 2 is 2.33 bits per heavy atom. The van der Waals surface area contributed by atoms with Crippen molar-refractivity contribution in [1.82, 2.24) is 0 Å². The Morgan fingerprint density at radius 1 is 1.53 bits per heavy atom. The molecule has 1 heterocycles. The highest BCUT2D eigenvalue weighted by Gasteiger charge is 2.17. The van der Waals surface area contributed by atoms with Crippen LogP contribution in [0.2, 0.25) is 5.02 Å². The molecule has 0 radical (unpaired) electrons. The van der Waals surface area contributed by atoms with Gasteiger partial charge in [-0.25, -0.2) is 0 Å². The fourth-order valence-corrected chi connectivity index (χ4v) is 2.45. The van der Waals surface area contributed by atoms with Crippen molar-refractivity contribution in [2.24, 2.45) is 5.16 Å². The number of fused-ring (bicyclic) bond motifs is 1. The van der Waals surface area contributed by atoms with Crippen molar-refractivity contribution in [2.45, 2.75) is 12.8 Å². The second kappa shape index (κ2) is 4.11. The number of halogens is 1. The molecule has 4 heteroatoms. The van der Waals surface area contributed by atoms with E-state index in [0.29, 0.717) is 0 Å². The van der Waals surface area contributed by atoms with Gasteiger partial charge in [0.2, 0.25) is 0 Å². The van der Waals surface area contributed by atoms with E-state index in [-0.39, 0.29) is 0 Å². The van der Waals surface area contributed by atoms with Crippen molar-refractivity contribution < 1.29 is 5.21 Å². The summed E-state index contributed by atoms with van der Waals surface area (Å²) in [5.74, 6) is 0. The summed E-state index contributed by atoms with van der Waals surface area (Å²) in [6.45, 7) is 1.04. The van der Waals surface area contributed by atoms with Crippen LogP contribution < -0.4 is 4.90 Å². The van der Waals surface area contributed by atoms with Crippen LogP contribution in [0.25, 0.3) is 0 Å². The zero-order chi connectivity index (χ0) is 10.8. The van der Waals surface area contributed by atoms with Gasteiger partial charge in [0, 0.05) is 13.6 Å². The largest absolute Gasteiger partial charge is 0.411 e. The molecule has 0 spiro atoms. The van der Waals surface area contributed by atoms with Crippen LogP contribution in [0.3, 0.4) is 0 Å². The molecule has 0 aromatic heterocycles. The Balaban J connectivity index is 2.50. The van der Waals surface area contributed by atoms with E-state index < -0.39 is 0 Å². The van der Waals surface area contributed by atoms with Gasteiger partial charge in [-0.2, -0.15) is 0 Å². The van der Waals surface area contributed by atoms with E-state index >= 15 is 0 Å². The summed E-state index contributed by atoms with van der Waals surface area (Å²) in [4.78, 5) is 2.17. The van der Waals surface area contributed by atoms with Gasteiger partial charge in [0.25, 0.3) is 0 Å². The lowest BCUT2D eigenvalue weighted by Gasteiger charge is -2.28. The van der Waals surface area contributed by atoms with Crippen molar-refractivity contribution in [1.29, 1.82) is 0 Å². The summed E-state index contributed by atoms with van der Waals surface area (Å²) in [7, 11) is 2.05. The molecular formula is C11H13ClN2O. The molecule has 0 atom stereocenters. The van der Waals surface area contributed by atoms with Gasteiger partial charge in [0.05, 0.1) is 16.9 Å². The summed E-state index contributed by atoms with van der Waals surface area (Å²) in [5, 5.41) is 12.2. The maximum Gasteiger partial charge on any atom is 0.0734 e. The van der Waals surface area contributed by atoms with Crippen molar-refractivity contribution in [3.8, 4) is 0 Å². The van der Waals surface area contributed by atoms with E-state index in [0.717, 1.165) is 35.7 Å². The monoisotopic (exact) mass is 224 g/mol. The highest BCUT2D eigenvalue weighted by molar-refractivity contribution is 6.33. The molecule has 1 N–H and O–H groups in total. The number of hydrogen-bond acceptors (Lipinski definition) is 3. The quantitative estimate of drug-likeness (QED) is 0.452. The third kappa shape index (κ3) is 1.92. The third-order valence-electron chi connectivity index (χ3n) is 2.69. The van der Waals surface area contributed by atoms with E-state index in [9.17, 15) is 0 Å². The SMILES string of the molecule is CN1CCCc2cc(C=NO)cc(Cl)c21. The first kappa shape index (κ1) is 10.3. The topological polar surface area (TPSA) is 35.8 Å². The Labute approximate surface area is 94.0 Å². The van der Waals surface area contributed by atoms with E-state index in [1.54, 1.807) is 0 Å². The summed E-state index contributed by atoms with van der Waals surface area (Å²) in [5.41, 5.74) is 3.18. The second-order valence-corrected chi connectivity index (χ2v) is 4.19. The molecule has 1 aliphatic rings. The third-order valence-corrected chi connectivity index (χ3v) is 2.98. The number of oxime groups is 1. The van der Waals surface area contributed by atoms with Gasteiger partial charge < -0.3 is 10.1 Å². The van der Waals surface area contributed by atoms with E-state index in [2.05, 4.69) is 10.1 Å². The lowest BCUT2D eigenvalue weighted by molar-refractivity contribution is 0.322. The minimum absolute atomic E-state index is 0.726. The van der Waals surface area contributed by atoms with Gasteiger partial charge in [0.15, 0.2) is 0 Å². The van der Waals surface area contributed by atoms with Gasteiger partial charge in [-0.05, 0) is 36.1 Å². The molecule has 0 bridgehead atoms. The molecule has 0 fully saturated rings. The normalized spacial score (nSPS) is 15.7. The molecule has 15 heavy (non-hydrogen) atoms. The van der Waals surface area contributed by atoms with Crippen LogP contribution in [0.5, 0.6) is 0 Å². The molecule has 0 amide bonds. The van der Waals surface area contributed by atoms with Crippen molar-refractivity contribution in [3.63, 3.8) is 0 Å². The number of nitrogens with zero attached hydrogens (tertiary/aromatic N) is 2. The fraction of sp³-hybridized carbons (Fsp3) is 0.364. The number of anilines is 1. The number of aryl methyl sites for hydroxylation is 1. The summed E-state index contributed by atoms with van der Waals surface area (Å²) < 4.78 is 0. The first-order valence-corrected chi connectivity index (χ1v) is 5.31. The fourth-order valence-electron chi connectivity index (χ4n) is 2.06. The average Bonchev–Trinajstić information content (AvgIpc) is 2.17. The lowest BCUT2D eigenvalue weighted by atomic mass is 10.00. The molecule has 0 unspecified atom stereocenters. The van der Waals surface area contributed by atoms with Gasteiger partial charge in [-0.1, -0.05) is 16.8 Å². The predicted octanol–water partition coefficient (Wildman–Crippen LogP) is 2.53. The van der Waals surface area contributed by atoms with Crippen LogP contribution in [-0.2, 0) is 6.42 Å². The van der Waals surface area contributed by atoms with Crippen LogP contribution in [0.1, 0.15) is 17.5 Å². The Hall–Kier alpha value is -1.22. The Bertz CT molecular complexity index is 404. The van der Waals surface area contributed by atoms with Gasteiger partial charge in [-0.3, -0.25) is 0 Å². The molecule has 80 valence electrons. The molecule has 3 nitrogen and oxygen atoms in total. The van der Waals surface area contributed by atoms with Crippen LogP contribution in [0.15, 0.2) is 17.3 Å². The summed E-state index contributed by atoms with van der Waals surface area (Å²) >= 11 is 6.19. The highest BCUT2D eigenvalue weighted by atomic mass is 35.5. The molecule has 1 aromatic rings. The Morgan fingerprint density at radius 3 is 3.07 bits per heavy atom. The van der Waals surface area contributed by atoms with E-state index in [4.69, 9.17) is 16.8 Å². The molecule has 1 aliphatic heterocycles. The first-order chi connectivity index (χ1) is 7.22. The highest BCUT2D eigenvalue weighted by Crippen LogP contribution is 2.34. The zero-order valence-electron chi connectivity index (χ0n) is 8.57. The van der Waals surface area contributed by atoms with Gasteiger partial charge >= 0.3 is 0 Å². The maximum atomic E-state index is 8.48. The molecule has 0 saturated heterocycles. The van der Waals surface area contributed by atoms with Crippen LogP contribution >= 0.6 is 11.6 Å². The number of hydrogen-bond donors (Lipinski definition) is 1. The van der Waals surface area contributed by atoms with Crippen molar-refractivity contribution >= 4 is 23.5 Å². The number of benzene rings is 1. The molecule has 2 rings (SSSR count). The van der Waals surface area contributed by atoms with Crippen molar-refractivity contribution in [2.75, 3.05) is 18.5 Å². The standard InChI is InChI=1S/C11H13ClN2O/c1-14-4-2-3-9-5-8(7-13-15)6-10(12)11(9)14/h5-7,15H,2-4H2,1H3. The van der Waals surface area contributed by atoms with E-state index in [1.807, 2.05) is 19.2 Å². The smallest absolute Gasteiger partial charge is 0.0734 e. The molecular weight excluding hydrogens is 212 g/mol. The average molecular weight is 225 g/mol.